The van der Waals surface area contributed by atoms with Crippen LogP contribution >= 0.6 is 11.3 Å². The Bertz CT molecular complexity index is 443. The lowest BCUT2D eigenvalue weighted by atomic mass is 9.40. The minimum Gasteiger partial charge on any atom is -0.325 e. The molecule has 0 spiro atoms. The molecular weight excluding hydrogens is 237 g/mol. The Hall–Kier alpha value is -0.620. The van der Waals surface area contributed by atoms with Crippen LogP contribution in [0, 0.1) is 6.92 Å². The van der Waals surface area contributed by atoms with Crippen molar-refractivity contribution in [3.8, 4) is 0 Å². The van der Waals surface area contributed by atoms with E-state index < -0.39 is 11.9 Å². The van der Waals surface area contributed by atoms with Crippen molar-refractivity contribution >= 4 is 11.3 Å². The third kappa shape index (κ3) is 1.20. The fraction of sp³-hybridized carbons (Fsp3) is 0.700. The SMILES string of the molecule is Cc1sc(C23CC(N)(C2)C3)nc1C(F)(F)F. The van der Waals surface area contributed by atoms with Gasteiger partial charge in [-0.3, -0.25) is 0 Å². The van der Waals surface area contributed by atoms with Crippen LogP contribution < -0.4 is 5.73 Å². The van der Waals surface area contributed by atoms with Crippen LogP contribution in [-0.2, 0) is 11.6 Å². The van der Waals surface area contributed by atoms with Crippen LogP contribution in [0.4, 0.5) is 13.2 Å². The van der Waals surface area contributed by atoms with Gasteiger partial charge < -0.3 is 5.73 Å². The molecule has 1 aromatic rings. The van der Waals surface area contributed by atoms with Crippen molar-refractivity contribution in [2.24, 2.45) is 5.73 Å². The molecule has 0 aromatic carbocycles. The first kappa shape index (κ1) is 10.5. The van der Waals surface area contributed by atoms with E-state index in [1.54, 1.807) is 0 Å². The average Bonchev–Trinajstić information content (AvgIpc) is 2.38. The number of thiazole rings is 1. The highest BCUT2D eigenvalue weighted by atomic mass is 32.1. The van der Waals surface area contributed by atoms with Crippen molar-refractivity contribution in [1.29, 1.82) is 0 Å². The average molecular weight is 248 g/mol. The second kappa shape index (κ2) is 2.61. The lowest BCUT2D eigenvalue weighted by Gasteiger charge is -2.68. The minimum absolute atomic E-state index is 0.0992. The molecule has 0 saturated heterocycles. The van der Waals surface area contributed by atoms with Crippen LogP contribution in [0.25, 0.3) is 0 Å². The molecule has 1 heterocycles. The maximum atomic E-state index is 12.6. The molecule has 0 atom stereocenters. The van der Waals surface area contributed by atoms with E-state index in [1.807, 2.05) is 0 Å². The molecule has 3 aliphatic rings. The molecule has 2 N–H and O–H groups in total. The second-order valence-corrected chi connectivity index (χ2v) is 6.30. The van der Waals surface area contributed by atoms with Gasteiger partial charge >= 0.3 is 6.18 Å². The Morgan fingerprint density at radius 2 is 1.88 bits per heavy atom. The maximum absolute atomic E-state index is 12.6. The Labute approximate surface area is 94.7 Å². The molecule has 2 bridgehead atoms. The molecule has 0 amide bonds. The highest BCUT2D eigenvalue weighted by Gasteiger charge is 2.68. The summed E-state index contributed by atoms with van der Waals surface area (Å²) < 4.78 is 37.7. The smallest absolute Gasteiger partial charge is 0.325 e. The number of aromatic nitrogens is 1. The summed E-state index contributed by atoms with van der Waals surface area (Å²) in [6.45, 7) is 1.48. The zero-order valence-electron chi connectivity index (χ0n) is 8.69. The predicted molar refractivity (Wildman–Crippen MR) is 54.3 cm³/mol. The summed E-state index contributed by atoms with van der Waals surface area (Å²) in [5.74, 6) is 0. The zero-order chi connectivity index (χ0) is 11.8. The molecule has 6 heteroatoms. The predicted octanol–water partition coefficient (Wildman–Crippen LogP) is 2.60. The van der Waals surface area contributed by atoms with E-state index in [2.05, 4.69) is 4.98 Å². The lowest BCUT2D eigenvalue weighted by molar-refractivity contribution is -0.141. The zero-order valence-corrected chi connectivity index (χ0v) is 9.50. The van der Waals surface area contributed by atoms with Gasteiger partial charge in [0.15, 0.2) is 5.69 Å². The van der Waals surface area contributed by atoms with Crippen molar-refractivity contribution < 1.29 is 13.2 Å². The van der Waals surface area contributed by atoms with Gasteiger partial charge in [0.05, 0.1) is 5.01 Å². The van der Waals surface area contributed by atoms with Gasteiger partial charge in [-0.25, -0.2) is 4.98 Å². The molecule has 3 aliphatic carbocycles. The Morgan fingerprint density at radius 3 is 2.25 bits per heavy atom. The van der Waals surface area contributed by atoms with Crippen LogP contribution in [-0.4, -0.2) is 10.5 Å². The van der Waals surface area contributed by atoms with E-state index in [0.29, 0.717) is 5.01 Å². The minimum atomic E-state index is -4.33. The topological polar surface area (TPSA) is 38.9 Å². The molecule has 0 aliphatic heterocycles. The van der Waals surface area contributed by atoms with Crippen LogP contribution in [0.1, 0.15) is 34.8 Å². The normalized spacial score (nSPS) is 36.8. The highest BCUT2D eigenvalue weighted by molar-refractivity contribution is 7.11. The summed E-state index contributed by atoms with van der Waals surface area (Å²) in [6.07, 6.45) is -1.94. The first-order chi connectivity index (χ1) is 7.24. The summed E-state index contributed by atoms with van der Waals surface area (Å²) in [5.41, 5.74) is 4.96. The number of alkyl halides is 3. The molecular formula is C10H11F3N2S. The van der Waals surface area contributed by atoms with Gasteiger partial charge in [-0.05, 0) is 26.2 Å². The number of rotatable bonds is 1. The quantitative estimate of drug-likeness (QED) is 0.829. The molecule has 16 heavy (non-hydrogen) atoms. The number of hydrogen-bond acceptors (Lipinski definition) is 3. The van der Waals surface area contributed by atoms with Crippen LogP contribution in [0.3, 0.4) is 0 Å². The molecule has 1 aromatic heterocycles. The van der Waals surface area contributed by atoms with E-state index in [-0.39, 0.29) is 15.8 Å². The Morgan fingerprint density at radius 1 is 1.31 bits per heavy atom. The summed E-state index contributed by atoms with van der Waals surface area (Å²) in [6, 6.07) is 0. The molecule has 3 fully saturated rings. The highest BCUT2D eigenvalue weighted by Crippen LogP contribution is 2.67. The van der Waals surface area contributed by atoms with E-state index in [9.17, 15) is 13.2 Å². The number of aryl methyl sites for hydroxylation is 1. The first-order valence-corrected chi connectivity index (χ1v) is 5.90. The molecule has 3 saturated carbocycles. The molecule has 0 radical (unpaired) electrons. The van der Waals surface area contributed by atoms with Crippen molar-refractivity contribution in [3.05, 3.63) is 15.6 Å². The van der Waals surface area contributed by atoms with Crippen LogP contribution in [0.15, 0.2) is 0 Å². The van der Waals surface area contributed by atoms with Gasteiger partial charge in [0.2, 0.25) is 0 Å². The first-order valence-electron chi connectivity index (χ1n) is 5.08. The van der Waals surface area contributed by atoms with Gasteiger partial charge in [-0.1, -0.05) is 0 Å². The van der Waals surface area contributed by atoms with Crippen molar-refractivity contribution in [1.82, 2.24) is 4.98 Å². The van der Waals surface area contributed by atoms with E-state index >= 15 is 0 Å². The third-order valence-corrected chi connectivity index (χ3v) is 4.81. The maximum Gasteiger partial charge on any atom is 0.434 e. The summed E-state index contributed by atoms with van der Waals surface area (Å²) in [5, 5.41) is 0.629. The summed E-state index contributed by atoms with van der Waals surface area (Å²) in [7, 11) is 0. The fourth-order valence-electron chi connectivity index (χ4n) is 2.98. The number of hydrogen-bond donors (Lipinski definition) is 1. The molecule has 4 rings (SSSR count). The number of nitrogens with zero attached hydrogens (tertiary/aromatic N) is 1. The van der Waals surface area contributed by atoms with Gasteiger partial charge in [0.25, 0.3) is 0 Å². The standard InChI is InChI=1S/C10H11F3N2S/c1-5-6(10(11,12)13)15-7(16-5)8-2-9(14,3-8)4-8/h2-4,14H2,1H3. The number of nitrogens with two attached hydrogens (primary N) is 1. The number of halogens is 3. The van der Waals surface area contributed by atoms with Crippen LogP contribution in [0.5, 0.6) is 0 Å². The Kier molecular flexibility index (Phi) is 1.72. The van der Waals surface area contributed by atoms with Crippen molar-refractivity contribution in [2.75, 3.05) is 0 Å². The molecule has 0 unspecified atom stereocenters. The van der Waals surface area contributed by atoms with Crippen molar-refractivity contribution in [2.45, 2.75) is 43.3 Å². The van der Waals surface area contributed by atoms with Gasteiger partial charge in [0.1, 0.15) is 0 Å². The largest absolute Gasteiger partial charge is 0.434 e. The van der Waals surface area contributed by atoms with Gasteiger partial charge in [-0.15, -0.1) is 11.3 Å². The van der Waals surface area contributed by atoms with Crippen LogP contribution in [0.2, 0.25) is 0 Å². The van der Waals surface area contributed by atoms with Gasteiger partial charge in [-0.2, -0.15) is 13.2 Å². The van der Waals surface area contributed by atoms with E-state index in [1.165, 1.54) is 18.3 Å². The van der Waals surface area contributed by atoms with Crippen molar-refractivity contribution in [3.63, 3.8) is 0 Å². The fourth-order valence-corrected chi connectivity index (χ4v) is 4.10. The van der Waals surface area contributed by atoms with Gasteiger partial charge in [0, 0.05) is 15.8 Å². The monoisotopic (exact) mass is 248 g/mol. The summed E-state index contributed by atoms with van der Waals surface area (Å²) >= 11 is 1.17. The molecule has 2 nitrogen and oxygen atoms in total. The summed E-state index contributed by atoms with van der Waals surface area (Å²) in [4.78, 5) is 4.04. The lowest BCUT2D eigenvalue weighted by Crippen LogP contribution is -2.74. The third-order valence-electron chi connectivity index (χ3n) is 3.59. The second-order valence-electron chi connectivity index (χ2n) is 5.09. The van der Waals surface area contributed by atoms with E-state index in [0.717, 1.165) is 19.3 Å². The van der Waals surface area contributed by atoms with E-state index in [4.69, 9.17) is 5.73 Å². The Balaban J connectivity index is 1.94. The molecule has 88 valence electrons.